The number of rotatable bonds is 5. The van der Waals surface area contributed by atoms with Gasteiger partial charge in [0.25, 0.3) is 0 Å². The fourth-order valence-corrected chi connectivity index (χ4v) is 3.19. The Labute approximate surface area is 143 Å². The SMILES string of the molecule is CC(CN)C(=O)NCC(C)N1CCc2sccc2C1.Cl.Cl. The summed E-state index contributed by atoms with van der Waals surface area (Å²) < 4.78 is 0. The predicted octanol–water partition coefficient (Wildman–Crippen LogP) is 2.05. The van der Waals surface area contributed by atoms with Gasteiger partial charge in [-0.2, -0.15) is 0 Å². The summed E-state index contributed by atoms with van der Waals surface area (Å²) in [6, 6.07) is 2.58. The van der Waals surface area contributed by atoms with E-state index in [9.17, 15) is 4.79 Å². The number of carbonyl (C=O) groups excluding carboxylic acids is 1. The molecule has 0 aromatic carbocycles. The van der Waals surface area contributed by atoms with E-state index in [4.69, 9.17) is 5.73 Å². The van der Waals surface area contributed by atoms with Gasteiger partial charge in [0.15, 0.2) is 0 Å². The molecule has 0 spiro atoms. The molecule has 0 saturated carbocycles. The van der Waals surface area contributed by atoms with Gasteiger partial charge in [-0.15, -0.1) is 36.2 Å². The molecule has 1 aromatic heterocycles. The normalized spacial score (nSPS) is 16.9. The molecule has 0 fully saturated rings. The zero-order valence-electron chi connectivity index (χ0n) is 12.5. The van der Waals surface area contributed by atoms with Gasteiger partial charge < -0.3 is 11.1 Å². The molecule has 2 rings (SSSR count). The number of fused-ring (bicyclic) bond motifs is 1. The van der Waals surface area contributed by atoms with Gasteiger partial charge in [0.05, 0.1) is 0 Å². The third kappa shape index (κ3) is 5.42. The van der Waals surface area contributed by atoms with Crippen molar-refractivity contribution < 1.29 is 4.79 Å². The van der Waals surface area contributed by atoms with Crippen LogP contribution in [0.4, 0.5) is 0 Å². The van der Waals surface area contributed by atoms with Gasteiger partial charge in [-0.25, -0.2) is 0 Å². The minimum absolute atomic E-state index is 0. The van der Waals surface area contributed by atoms with Crippen molar-refractivity contribution in [3.05, 3.63) is 21.9 Å². The van der Waals surface area contributed by atoms with Crippen LogP contribution in [0.3, 0.4) is 0 Å². The summed E-state index contributed by atoms with van der Waals surface area (Å²) in [6.45, 7) is 7.22. The van der Waals surface area contributed by atoms with Crippen molar-refractivity contribution in [2.75, 3.05) is 19.6 Å². The third-order valence-corrected chi connectivity index (χ3v) is 4.86. The summed E-state index contributed by atoms with van der Waals surface area (Å²) in [7, 11) is 0. The maximum Gasteiger partial charge on any atom is 0.224 e. The zero-order chi connectivity index (χ0) is 13.8. The Morgan fingerprint density at radius 1 is 1.48 bits per heavy atom. The van der Waals surface area contributed by atoms with Crippen molar-refractivity contribution in [3.63, 3.8) is 0 Å². The predicted molar refractivity (Wildman–Crippen MR) is 93.6 cm³/mol. The van der Waals surface area contributed by atoms with Crippen LogP contribution >= 0.6 is 36.2 Å². The van der Waals surface area contributed by atoms with E-state index in [2.05, 4.69) is 28.6 Å². The second-order valence-corrected chi connectivity index (χ2v) is 6.32. The maximum atomic E-state index is 11.7. The van der Waals surface area contributed by atoms with Crippen molar-refractivity contribution in [3.8, 4) is 0 Å². The number of carbonyl (C=O) groups is 1. The molecule has 0 radical (unpaired) electrons. The van der Waals surface area contributed by atoms with Crippen LogP contribution < -0.4 is 11.1 Å². The van der Waals surface area contributed by atoms with Crippen LogP contribution in [0, 0.1) is 5.92 Å². The van der Waals surface area contributed by atoms with E-state index in [1.54, 1.807) is 0 Å². The quantitative estimate of drug-likeness (QED) is 0.851. The minimum Gasteiger partial charge on any atom is -0.354 e. The highest BCUT2D eigenvalue weighted by Gasteiger charge is 2.22. The lowest BCUT2D eigenvalue weighted by atomic mass is 10.1. The first kappa shape index (κ1) is 20.7. The van der Waals surface area contributed by atoms with Crippen molar-refractivity contribution in [1.82, 2.24) is 10.2 Å². The molecule has 7 heteroatoms. The summed E-state index contributed by atoms with van der Waals surface area (Å²) >= 11 is 1.85. The summed E-state index contributed by atoms with van der Waals surface area (Å²) in [4.78, 5) is 15.7. The Hall–Kier alpha value is -0.330. The summed E-state index contributed by atoms with van der Waals surface area (Å²) in [6.07, 6.45) is 1.13. The van der Waals surface area contributed by atoms with Gasteiger partial charge in [-0.1, -0.05) is 6.92 Å². The number of nitrogens with two attached hydrogens (primary N) is 1. The smallest absolute Gasteiger partial charge is 0.224 e. The number of nitrogens with zero attached hydrogens (tertiary/aromatic N) is 1. The Morgan fingerprint density at radius 3 is 2.86 bits per heavy atom. The Balaban J connectivity index is 0.00000200. The molecule has 2 heterocycles. The Bertz CT molecular complexity index is 442. The lowest BCUT2D eigenvalue weighted by Crippen LogP contribution is -2.45. The Kier molecular flexibility index (Phi) is 9.49. The number of halogens is 2. The van der Waals surface area contributed by atoms with Crippen LogP contribution in [-0.4, -0.2) is 36.5 Å². The van der Waals surface area contributed by atoms with Crippen LogP contribution in [0.15, 0.2) is 11.4 Å². The van der Waals surface area contributed by atoms with Crippen LogP contribution in [0.25, 0.3) is 0 Å². The van der Waals surface area contributed by atoms with Crippen molar-refractivity contribution in [2.45, 2.75) is 32.9 Å². The van der Waals surface area contributed by atoms with Gasteiger partial charge >= 0.3 is 0 Å². The topological polar surface area (TPSA) is 58.4 Å². The van der Waals surface area contributed by atoms with Gasteiger partial charge in [0.2, 0.25) is 5.91 Å². The van der Waals surface area contributed by atoms with Gasteiger partial charge in [-0.05, 0) is 30.4 Å². The van der Waals surface area contributed by atoms with E-state index in [0.717, 1.165) is 19.5 Å². The second-order valence-electron chi connectivity index (χ2n) is 5.32. The largest absolute Gasteiger partial charge is 0.354 e. The maximum absolute atomic E-state index is 11.7. The molecule has 0 aliphatic carbocycles. The number of hydrogen-bond donors (Lipinski definition) is 2. The summed E-state index contributed by atoms with van der Waals surface area (Å²) in [5.74, 6) is -0.0420. The second kappa shape index (κ2) is 9.64. The van der Waals surface area contributed by atoms with Crippen LogP contribution in [0.5, 0.6) is 0 Å². The highest BCUT2D eigenvalue weighted by molar-refractivity contribution is 7.10. The standard InChI is InChI=1S/C14H23N3OS.2ClH/c1-10(7-15)14(18)16-8-11(2)17-5-3-13-12(9-17)4-6-19-13;;/h4,6,10-11H,3,5,7-9,15H2,1-2H3,(H,16,18);2*1H. The van der Waals surface area contributed by atoms with Crippen molar-refractivity contribution in [1.29, 1.82) is 0 Å². The molecule has 1 amide bonds. The molecule has 21 heavy (non-hydrogen) atoms. The van der Waals surface area contributed by atoms with Crippen LogP contribution in [0.1, 0.15) is 24.3 Å². The zero-order valence-corrected chi connectivity index (χ0v) is 15.0. The Morgan fingerprint density at radius 2 is 2.19 bits per heavy atom. The van der Waals surface area contributed by atoms with Crippen LogP contribution in [-0.2, 0) is 17.8 Å². The monoisotopic (exact) mass is 353 g/mol. The fourth-order valence-electron chi connectivity index (χ4n) is 2.31. The van der Waals surface area contributed by atoms with E-state index in [0.29, 0.717) is 19.1 Å². The number of thiophene rings is 1. The van der Waals surface area contributed by atoms with E-state index in [1.165, 1.54) is 10.4 Å². The molecule has 0 saturated heterocycles. The molecule has 2 unspecified atom stereocenters. The highest BCUT2D eigenvalue weighted by Crippen LogP contribution is 2.24. The van der Waals surface area contributed by atoms with E-state index >= 15 is 0 Å². The van der Waals surface area contributed by atoms with Gasteiger partial charge in [0.1, 0.15) is 0 Å². The number of hydrogen-bond acceptors (Lipinski definition) is 4. The van der Waals surface area contributed by atoms with Gasteiger partial charge in [-0.3, -0.25) is 9.69 Å². The first-order valence-corrected chi connectivity index (χ1v) is 7.77. The molecule has 4 nitrogen and oxygen atoms in total. The number of nitrogens with one attached hydrogen (secondary N) is 1. The first-order valence-electron chi connectivity index (χ1n) is 6.89. The molecule has 2 atom stereocenters. The molecular weight excluding hydrogens is 329 g/mol. The first-order chi connectivity index (χ1) is 9.11. The molecule has 3 N–H and O–H groups in total. The average Bonchev–Trinajstić information content (AvgIpc) is 2.90. The third-order valence-electron chi connectivity index (χ3n) is 3.83. The summed E-state index contributed by atoms with van der Waals surface area (Å²) in [5, 5.41) is 5.16. The van der Waals surface area contributed by atoms with E-state index in [-0.39, 0.29) is 36.6 Å². The van der Waals surface area contributed by atoms with E-state index in [1.807, 2.05) is 18.3 Å². The molecule has 1 aliphatic rings. The molecule has 122 valence electrons. The lowest BCUT2D eigenvalue weighted by Gasteiger charge is -2.32. The van der Waals surface area contributed by atoms with E-state index < -0.39 is 0 Å². The lowest BCUT2D eigenvalue weighted by molar-refractivity contribution is -0.124. The highest BCUT2D eigenvalue weighted by atomic mass is 35.5. The minimum atomic E-state index is -0.1000. The average molecular weight is 354 g/mol. The van der Waals surface area contributed by atoms with Crippen molar-refractivity contribution in [2.24, 2.45) is 11.7 Å². The molecule has 0 bridgehead atoms. The summed E-state index contributed by atoms with van der Waals surface area (Å²) in [5.41, 5.74) is 6.94. The molecular formula is C14H25Cl2N3OS. The van der Waals surface area contributed by atoms with Crippen molar-refractivity contribution >= 4 is 42.1 Å². The van der Waals surface area contributed by atoms with Crippen LogP contribution in [0.2, 0.25) is 0 Å². The molecule has 1 aliphatic heterocycles. The van der Waals surface area contributed by atoms with Gasteiger partial charge in [0, 0.05) is 43.0 Å². The fraction of sp³-hybridized carbons (Fsp3) is 0.643. The molecule has 1 aromatic rings. The number of amides is 1.